The Morgan fingerprint density at radius 1 is 1.19 bits per heavy atom. The second-order valence-corrected chi connectivity index (χ2v) is 5.68. The number of aliphatic hydroxyl groups is 1. The van der Waals surface area contributed by atoms with Gasteiger partial charge >= 0.3 is 0 Å². The number of unbranched alkanes of at least 4 members (excludes halogenated alkanes) is 5. The maximum atomic E-state index is 9.94. The van der Waals surface area contributed by atoms with Crippen molar-refractivity contribution in [1.29, 1.82) is 0 Å². The molecule has 1 unspecified atom stereocenters. The normalized spacial score (nSPS) is 12.9. The van der Waals surface area contributed by atoms with E-state index in [2.05, 4.69) is 25.3 Å². The largest absolute Gasteiger partial charge is 0.388 e. The van der Waals surface area contributed by atoms with Gasteiger partial charge in [-0.2, -0.15) is 0 Å². The van der Waals surface area contributed by atoms with Crippen LogP contribution in [0.4, 0.5) is 0 Å². The van der Waals surface area contributed by atoms with Gasteiger partial charge in [-0.1, -0.05) is 45.4 Å². The predicted molar refractivity (Wildman–Crippen MR) is 72.0 cm³/mol. The highest BCUT2D eigenvalue weighted by Crippen LogP contribution is 2.24. The number of thiophene rings is 1. The molecule has 0 fully saturated rings. The van der Waals surface area contributed by atoms with Crippen molar-refractivity contribution in [2.45, 2.75) is 64.9 Å². The quantitative estimate of drug-likeness (QED) is 0.645. The van der Waals surface area contributed by atoms with Crippen LogP contribution in [0.2, 0.25) is 0 Å². The number of aryl methyl sites for hydroxylation is 1. The number of aliphatic hydroxyl groups excluding tert-OH is 1. The van der Waals surface area contributed by atoms with Crippen LogP contribution in [-0.2, 0) is 0 Å². The molecule has 1 heterocycles. The van der Waals surface area contributed by atoms with Gasteiger partial charge in [-0.15, -0.1) is 11.3 Å². The number of rotatable bonds is 8. The SMILES string of the molecule is CCCCCCCCC(O)c1csc(C)c1. The molecule has 1 N–H and O–H groups in total. The summed E-state index contributed by atoms with van der Waals surface area (Å²) in [7, 11) is 0. The zero-order chi connectivity index (χ0) is 11.8. The fraction of sp³-hybridized carbons (Fsp3) is 0.714. The minimum Gasteiger partial charge on any atom is -0.388 e. The van der Waals surface area contributed by atoms with Crippen molar-refractivity contribution in [3.05, 3.63) is 21.9 Å². The molecule has 1 atom stereocenters. The first kappa shape index (κ1) is 13.7. The van der Waals surface area contributed by atoms with E-state index in [9.17, 15) is 5.11 Å². The Morgan fingerprint density at radius 3 is 2.50 bits per heavy atom. The van der Waals surface area contributed by atoms with Crippen LogP contribution in [-0.4, -0.2) is 5.11 Å². The molecule has 0 amide bonds. The van der Waals surface area contributed by atoms with E-state index < -0.39 is 0 Å². The van der Waals surface area contributed by atoms with Crippen LogP contribution < -0.4 is 0 Å². The molecular formula is C14H24OS. The molecule has 0 saturated heterocycles. The zero-order valence-electron chi connectivity index (χ0n) is 10.5. The average Bonchev–Trinajstić information content (AvgIpc) is 2.70. The molecule has 0 aliphatic heterocycles. The predicted octanol–water partition coefficient (Wildman–Crippen LogP) is 4.84. The first-order valence-corrected chi connectivity index (χ1v) is 7.35. The van der Waals surface area contributed by atoms with Crippen LogP contribution in [0, 0.1) is 6.92 Å². The van der Waals surface area contributed by atoms with Gasteiger partial charge in [0, 0.05) is 4.88 Å². The van der Waals surface area contributed by atoms with Crippen LogP contribution in [0.3, 0.4) is 0 Å². The molecule has 0 radical (unpaired) electrons. The van der Waals surface area contributed by atoms with Gasteiger partial charge in [-0.25, -0.2) is 0 Å². The maximum Gasteiger partial charge on any atom is 0.0798 e. The first-order chi connectivity index (χ1) is 7.74. The highest BCUT2D eigenvalue weighted by atomic mass is 32.1. The van der Waals surface area contributed by atoms with Crippen LogP contribution in [0.1, 0.15) is 68.4 Å². The van der Waals surface area contributed by atoms with Crippen molar-refractivity contribution >= 4 is 11.3 Å². The van der Waals surface area contributed by atoms with E-state index >= 15 is 0 Å². The van der Waals surface area contributed by atoms with Crippen LogP contribution in [0.15, 0.2) is 11.4 Å². The summed E-state index contributed by atoms with van der Waals surface area (Å²) in [6.45, 7) is 4.33. The first-order valence-electron chi connectivity index (χ1n) is 6.47. The standard InChI is InChI=1S/C14H24OS/c1-3-4-5-6-7-8-9-14(15)13-10-12(2)16-11-13/h10-11,14-15H,3-9H2,1-2H3. The monoisotopic (exact) mass is 240 g/mol. The molecule has 0 spiro atoms. The lowest BCUT2D eigenvalue weighted by molar-refractivity contribution is 0.163. The van der Waals surface area contributed by atoms with E-state index in [0.29, 0.717) is 0 Å². The van der Waals surface area contributed by atoms with E-state index in [4.69, 9.17) is 0 Å². The fourth-order valence-corrected chi connectivity index (χ4v) is 2.67. The lowest BCUT2D eigenvalue weighted by atomic mass is 10.0. The molecule has 1 aromatic heterocycles. The third-order valence-corrected chi connectivity index (χ3v) is 3.85. The summed E-state index contributed by atoms with van der Waals surface area (Å²) in [6, 6.07) is 2.10. The van der Waals surface area contributed by atoms with Crippen molar-refractivity contribution in [1.82, 2.24) is 0 Å². The molecule has 0 aliphatic rings. The van der Waals surface area contributed by atoms with E-state index in [1.54, 1.807) is 11.3 Å². The summed E-state index contributed by atoms with van der Waals surface area (Å²) in [4.78, 5) is 1.29. The molecule has 1 nitrogen and oxygen atoms in total. The molecule has 1 aromatic rings. The molecule has 0 bridgehead atoms. The Morgan fingerprint density at radius 2 is 1.88 bits per heavy atom. The minimum atomic E-state index is -0.240. The van der Waals surface area contributed by atoms with Crippen molar-refractivity contribution in [2.75, 3.05) is 0 Å². The van der Waals surface area contributed by atoms with Gasteiger partial charge in [0.25, 0.3) is 0 Å². The highest BCUT2D eigenvalue weighted by Gasteiger charge is 2.08. The van der Waals surface area contributed by atoms with E-state index in [0.717, 1.165) is 18.4 Å². The zero-order valence-corrected chi connectivity index (χ0v) is 11.4. The van der Waals surface area contributed by atoms with Gasteiger partial charge in [-0.3, -0.25) is 0 Å². The third-order valence-electron chi connectivity index (χ3n) is 2.97. The fourth-order valence-electron chi connectivity index (χ4n) is 1.92. The summed E-state index contributed by atoms with van der Waals surface area (Å²) in [5, 5.41) is 12.0. The van der Waals surface area contributed by atoms with E-state index in [1.807, 2.05) is 0 Å². The summed E-state index contributed by atoms with van der Waals surface area (Å²) in [5.41, 5.74) is 1.11. The van der Waals surface area contributed by atoms with Crippen molar-refractivity contribution < 1.29 is 5.11 Å². The molecule has 0 aromatic carbocycles. The summed E-state index contributed by atoms with van der Waals surface area (Å²) in [5.74, 6) is 0. The Bertz CT molecular complexity index is 280. The molecular weight excluding hydrogens is 216 g/mol. The summed E-state index contributed by atoms with van der Waals surface area (Å²) >= 11 is 1.72. The molecule has 1 rings (SSSR count). The third kappa shape index (κ3) is 5.13. The Labute approximate surface area is 104 Å². The van der Waals surface area contributed by atoms with Gasteiger partial charge in [0.2, 0.25) is 0 Å². The van der Waals surface area contributed by atoms with E-state index in [-0.39, 0.29) is 6.10 Å². The summed E-state index contributed by atoms with van der Waals surface area (Å²) < 4.78 is 0. The van der Waals surface area contributed by atoms with Crippen molar-refractivity contribution in [2.24, 2.45) is 0 Å². The number of hydrogen-bond donors (Lipinski definition) is 1. The smallest absolute Gasteiger partial charge is 0.0798 e. The molecule has 2 heteroatoms. The Balaban J connectivity index is 2.09. The van der Waals surface area contributed by atoms with Gasteiger partial charge in [0.15, 0.2) is 0 Å². The van der Waals surface area contributed by atoms with Gasteiger partial charge in [0.1, 0.15) is 0 Å². The Hall–Kier alpha value is -0.340. The number of hydrogen-bond acceptors (Lipinski definition) is 2. The lowest BCUT2D eigenvalue weighted by Gasteiger charge is -2.08. The van der Waals surface area contributed by atoms with Gasteiger partial charge in [0.05, 0.1) is 6.10 Å². The highest BCUT2D eigenvalue weighted by molar-refractivity contribution is 7.10. The second-order valence-electron chi connectivity index (χ2n) is 4.56. The Kier molecular flexibility index (Phi) is 6.74. The second kappa shape index (κ2) is 7.86. The minimum absolute atomic E-state index is 0.240. The molecule has 0 aliphatic carbocycles. The van der Waals surface area contributed by atoms with Gasteiger partial charge < -0.3 is 5.11 Å². The van der Waals surface area contributed by atoms with Crippen molar-refractivity contribution in [3.63, 3.8) is 0 Å². The van der Waals surface area contributed by atoms with Crippen molar-refractivity contribution in [3.8, 4) is 0 Å². The lowest BCUT2D eigenvalue weighted by Crippen LogP contribution is -1.95. The molecule has 16 heavy (non-hydrogen) atoms. The van der Waals surface area contributed by atoms with E-state index in [1.165, 1.54) is 37.0 Å². The topological polar surface area (TPSA) is 20.2 Å². The van der Waals surface area contributed by atoms with Gasteiger partial charge in [-0.05, 0) is 30.4 Å². The maximum absolute atomic E-state index is 9.94. The molecule has 92 valence electrons. The average molecular weight is 240 g/mol. The summed E-state index contributed by atoms with van der Waals surface area (Å²) in [6.07, 6.45) is 8.43. The van der Waals surface area contributed by atoms with Crippen LogP contribution >= 0.6 is 11.3 Å². The van der Waals surface area contributed by atoms with Crippen LogP contribution in [0.25, 0.3) is 0 Å². The van der Waals surface area contributed by atoms with Crippen LogP contribution in [0.5, 0.6) is 0 Å². The molecule has 0 saturated carbocycles.